The summed E-state index contributed by atoms with van der Waals surface area (Å²) >= 11 is 3.54. The number of carbonyl (C=O) groups excluding carboxylic acids is 1. The third-order valence-electron chi connectivity index (χ3n) is 8.59. The van der Waals surface area contributed by atoms with E-state index in [0.717, 1.165) is 90.6 Å². The van der Waals surface area contributed by atoms with Crippen molar-refractivity contribution < 1.29 is 9.63 Å². The Morgan fingerprint density at radius 2 is 1.74 bits per heavy atom. The normalized spacial score (nSPS) is 19.2. The minimum Gasteiger partial charge on any atom is -0.396 e. The number of aryl methyl sites for hydroxylation is 1. The van der Waals surface area contributed by atoms with Crippen LogP contribution in [0, 0.1) is 5.92 Å². The lowest BCUT2D eigenvalue weighted by molar-refractivity contribution is 0.0162. The quantitative estimate of drug-likeness (QED) is 0.235. The molecule has 6 nitrogen and oxygen atoms in total. The molecule has 1 amide bonds. The maximum atomic E-state index is 13.5. The topological polar surface area (TPSA) is 50.1 Å². The highest BCUT2D eigenvalue weighted by Gasteiger charge is 2.39. The van der Waals surface area contributed by atoms with Gasteiger partial charge in [-0.3, -0.25) is 9.69 Å². The lowest BCUT2D eigenvalue weighted by atomic mass is 9.82. The molecule has 5 rings (SSSR count). The van der Waals surface area contributed by atoms with Crippen LogP contribution in [0.5, 0.6) is 0 Å². The second-order valence-electron chi connectivity index (χ2n) is 10.8. The Balaban J connectivity index is 1.21. The number of piperidine rings is 2. The monoisotopic (exact) mass is 578 g/mol. The van der Waals surface area contributed by atoms with Crippen molar-refractivity contribution in [3.63, 3.8) is 0 Å². The van der Waals surface area contributed by atoms with E-state index >= 15 is 0 Å². The maximum Gasteiger partial charge on any atom is 0.254 e. The molecule has 1 aromatic heterocycles. The number of hydrogen-bond donors (Lipinski definition) is 0. The van der Waals surface area contributed by atoms with Crippen molar-refractivity contribution in [1.82, 2.24) is 14.4 Å². The molecule has 2 aromatic carbocycles. The summed E-state index contributed by atoms with van der Waals surface area (Å²) in [5.74, 6) is 0.552. The molecule has 0 radical (unpaired) electrons. The molecule has 202 valence electrons. The van der Waals surface area contributed by atoms with Crippen LogP contribution >= 0.6 is 15.9 Å². The molecule has 2 saturated heterocycles. The van der Waals surface area contributed by atoms with Crippen LogP contribution in [0.15, 0.2) is 64.4 Å². The second-order valence-corrected chi connectivity index (χ2v) is 11.7. The van der Waals surface area contributed by atoms with Gasteiger partial charge in [-0.05, 0) is 95.4 Å². The van der Waals surface area contributed by atoms with Gasteiger partial charge in [0.25, 0.3) is 5.91 Å². The smallest absolute Gasteiger partial charge is 0.254 e. The number of halogens is 1. The van der Waals surface area contributed by atoms with Gasteiger partial charge in [0.1, 0.15) is 6.61 Å². The number of aromatic nitrogens is 1. The number of fused-ring (bicyclic) bond motifs is 1. The lowest BCUT2D eigenvalue weighted by Crippen LogP contribution is -2.56. The molecule has 0 N–H and O–H groups in total. The van der Waals surface area contributed by atoms with Crippen molar-refractivity contribution in [3.05, 3.63) is 70.3 Å². The first-order chi connectivity index (χ1) is 18.4. The lowest BCUT2D eigenvalue weighted by Gasteiger charge is -2.49. The minimum atomic E-state index is 0.119. The Hall–Kier alpha value is -2.64. The molecule has 0 aliphatic carbocycles. The molecule has 0 saturated carbocycles. The first-order valence-corrected chi connectivity index (χ1v) is 14.8. The maximum absolute atomic E-state index is 13.5. The van der Waals surface area contributed by atoms with Gasteiger partial charge in [-0.2, -0.15) is 0 Å². The van der Waals surface area contributed by atoms with Gasteiger partial charge < -0.3 is 14.3 Å². The molecule has 38 heavy (non-hydrogen) atoms. The van der Waals surface area contributed by atoms with Crippen LogP contribution in [0.4, 0.5) is 0 Å². The number of oxime groups is 1. The van der Waals surface area contributed by atoms with Crippen molar-refractivity contribution in [2.75, 3.05) is 32.8 Å². The van der Waals surface area contributed by atoms with Crippen molar-refractivity contribution in [1.29, 1.82) is 0 Å². The average molecular weight is 580 g/mol. The van der Waals surface area contributed by atoms with E-state index in [2.05, 4.69) is 91.9 Å². The molecule has 0 atom stereocenters. The summed E-state index contributed by atoms with van der Waals surface area (Å²) < 4.78 is 3.27. The van der Waals surface area contributed by atoms with Crippen molar-refractivity contribution in [2.24, 2.45) is 11.1 Å². The number of nitrogens with zero attached hydrogens (tertiary/aromatic N) is 4. The summed E-state index contributed by atoms with van der Waals surface area (Å²) in [6.45, 7) is 11.7. The molecule has 2 aliphatic rings. The third-order valence-corrected chi connectivity index (χ3v) is 9.12. The zero-order valence-electron chi connectivity index (χ0n) is 22.8. The minimum absolute atomic E-state index is 0.119. The van der Waals surface area contributed by atoms with Gasteiger partial charge >= 0.3 is 0 Å². The van der Waals surface area contributed by atoms with Crippen LogP contribution in [0.25, 0.3) is 10.9 Å². The Bertz CT molecular complexity index is 1280. The average Bonchev–Trinajstić information content (AvgIpc) is 3.38. The fraction of sp³-hybridized carbons (Fsp3) is 0.484. The second kappa shape index (κ2) is 11.6. The molecule has 3 aromatic rings. The van der Waals surface area contributed by atoms with E-state index < -0.39 is 0 Å². The standard InChI is InChI=1S/C31H39BrN4O2/c1-4-34-18-15-26-27(7-6-8-28(26)34)30(37)35-21-16-31(3,17-22-35)36-19-13-24(14-20-36)29(33-38-5-2)23-9-11-25(32)12-10-23/h6-12,15,18,24H,4-5,13-14,16-17,19-22H2,1-3H3/b33-29+. The Labute approximate surface area is 234 Å². The number of hydrogen-bond acceptors (Lipinski definition) is 4. The highest BCUT2D eigenvalue weighted by Crippen LogP contribution is 2.34. The number of rotatable bonds is 7. The SMILES string of the molecule is CCO/N=C(\c1ccc(Br)cc1)C1CCN(C2(C)CCN(C(=O)c3cccc4c3ccn4CC)CC2)CC1. The predicted octanol–water partition coefficient (Wildman–Crippen LogP) is 6.57. The van der Waals surface area contributed by atoms with E-state index in [-0.39, 0.29) is 11.4 Å². The molecular weight excluding hydrogens is 540 g/mol. The molecular formula is C31H39BrN4O2. The fourth-order valence-corrected chi connectivity index (χ4v) is 6.44. The van der Waals surface area contributed by atoms with Crippen molar-refractivity contribution in [3.8, 4) is 0 Å². The molecule has 7 heteroatoms. The summed E-state index contributed by atoms with van der Waals surface area (Å²) in [6.07, 6.45) is 6.22. The van der Waals surface area contributed by atoms with Gasteiger partial charge in [0.2, 0.25) is 0 Å². The van der Waals surface area contributed by atoms with E-state index in [0.29, 0.717) is 12.5 Å². The number of carbonyl (C=O) groups is 1. The van der Waals surface area contributed by atoms with Crippen LogP contribution in [0.3, 0.4) is 0 Å². The van der Waals surface area contributed by atoms with Crippen LogP contribution in [-0.4, -0.2) is 64.3 Å². The van der Waals surface area contributed by atoms with Crippen molar-refractivity contribution in [2.45, 2.75) is 58.5 Å². The largest absolute Gasteiger partial charge is 0.396 e. The summed E-state index contributed by atoms with van der Waals surface area (Å²) in [5, 5.41) is 5.60. The van der Waals surface area contributed by atoms with E-state index in [1.807, 2.05) is 19.1 Å². The molecule has 2 aliphatic heterocycles. The third kappa shape index (κ3) is 5.41. The van der Waals surface area contributed by atoms with Gasteiger partial charge in [0, 0.05) is 58.2 Å². The summed E-state index contributed by atoms with van der Waals surface area (Å²) in [5.41, 5.74) is 4.29. The zero-order valence-corrected chi connectivity index (χ0v) is 24.4. The van der Waals surface area contributed by atoms with Gasteiger partial charge in [-0.1, -0.05) is 39.3 Å². The number of benzene rings is 2. The van der Waals surface area contributed by atoms with E-state index in [9.17, 15) is 4.79 Å². The van der Waals surface area contributed by atoms with Crippen LogP contribution < -0.4 is 0 Å². The summed E-state index contributed by atoms with van der Waals surface area (Å²) in [6, 6.07) is 16.6. The molecule has 0 spiro atoms. The van der Waals surface area contributed by atoms with Crippen molar-refractivity contribution >= 4 is 38.5 Å². The van der Waals surface area contributed by atoms with Gasteiger partial charge in [0.05, 0.1) is 5.71 Å². The Morgan fingerprint density at radius 3 is 2.39 bits per heavy atom. The highest BCUT2D eigenvalue weighted by molar-refractivity contribution is 9.10. The van der Waals surface area contributed by atoms with E-state index in [1.54, 1.807) is 0 Å². The summed E-state index contributed by atoms with van der Waals surface area (Å²) in [7, 11) is 0. The molecule has 0 unspecified atom stereocenters. The zero-order chi connectivity index (χ0) is 26.7. The predicted molar refractivity (Wildman–Crippen MR) is 158 cm³/mol. The summed E-state index contributed by atoms with van der Waals surface area (Å²) in [4.78, 5) is 23.8. The number of likely N-dealkylation sites (tertiary alicyclic amines) is 2. The van der Waals surface area contributed by atoms with E-state index in [4.69, 9.17) is 4.84 Å². The first-order valence-electron chi connectivity index (χ1n) is 14.0. The molecule has 2 fully saturated rings. The highest BCUT2D eigenvalue weighted by atomic mass is 79.9. The number of amides is 1. The van der Waals surface area contributed by atoms with Crippen LogP contribution in [-0.2, 0) is 11.4 Å². The molecule has 3 heterocycles. The first kappa shape index (κ1) is 26.9. The van der Waals surface area contributed by atoms with Crippen LogP contribution in [0.1, 0.15) is 62.4 Å². The van der Waals surface area contributed by atoms with Gasteiger partial charge in [-0.25, -0.2) is 0 Å². The molecule has 0 bridgehead atoms. The Kier molecular flexibility index (Phi) is 8.24. The van der Waals surface area contributed by atoms with E-state index in [1.165, 1.54) is 0 Å². The fourth-order valence-electron chi connectivity index (χ4n) is 6.17. The van der Waals surface area contributed by atoms with Crippen LogP contribution in [0.2, 0.25) is 0 Å². The van der Waals surface area contributed by atoms with Gasteiger partial charge in [-0.15, -0.1) is 0 Å². The Morgan fingerprint density at radius 1 is 1.03 bits per heavy atom. The van der Waals surface area contributed by atoms with Gasteiger partial charge in [0.15, 0.2) is 0 Å².